The summed E-state index contributed by atoms with van der Waals surface area (Å²) in [6.45, 7) is 2.13. The Labute approximate surface area is 278 Å². The molecule has 5 aromatic rings. The van der Waals surface area contributed by atoms with Gasteiger partial charge in [0.25, 0.3) is 5.91 Å². The van der Waals surface area contributed by atoms with Crippen molar-refractivity contribution in [3.8, 4) is 5.75 Å². The monoisotopic (exact) mass is 647 g/mol. The van der Waals surface area contributed by atoms with E-state index in [-0.39, 0.29) is 29.3 Å². The first-order valence-corrected chi connectivity index (χ1v) is 15.5. The molecule has 4 aromatic carbocycles. The quantitative estimate of drug-likeness (QED) is 0.0405. The van der Waals surface area contributed by atoms with Gasteiger partial charge in [0.1, 0.15) is 5.75 Å². The Kier molecular flexibility index (Phi) is 12.4. The van der Waals surface area contributed by atoms with Crippen molar-refractivity contribution in [2.45, 2.75) is 12.8 Å². The van der Waals surface area contributed by atoms with Gasteiger partial charge in [-0.1, -0.05) is 48.5 Å². The van der Waals surface area contributed by atoms with Gasteiger partial charge in [-0.05, 0) is 67.1 Å². The van der Waals surface area contributed by atoms with Gasteiger partial charge in [-0.2, -0.15) is 15.0 Å². The Morgan fingerprint density at radius 2 is 1.15 bits per heavy atom. The molecule has 0 atom stereocenters. The van der Waals surface area contributed by atoms with Crippen LogP contribution in [0.3, 0.4) is 0 Å². The molecule has 0 aliphatic heterocycles. The topological polar surface area (TPSA) is 160 Å². The van der Waals surface area contributed by atoms with Gasteiger partial charge in [0, 0.05) is 47.8 Å². The maximum absolute atomic E-state index is 12.6. The maximum atomic E-state index is 12.6. The van der Waals surface area contributed by atoms with Crippen molar-refractivity contribution < 1.29 is 24.2 Å². The lowest BCUT2D eigenvalue weighted by Gasteiger charge is -2.12. The Bertz CT molecular complexity index is 1740. The fraction of sp³-hybridized carbons (Fsp3) is 0.194. The molecule has 5 rings (SSSR count). The molecule has 0 bridgehead atoms. The normalized spacial score (nSPS) is 10.7. The Hall–Kier alpha value is -5.85. The smallest absolute Gasteiger partial charge is 0.255 e. The first kappa shape index (κ1) is 33.5. The molecule has 5 N–H and O–H groups in total. The summed E-state index contributed by atoms with van der Waals surface area (Å²) in [6, 6.07) is 32.0. The van der Waals surface area contributed by atoms with Gasteiger partial charge in [-0.25, -0.2) is 0 Å². The zero-order valence-corrected chi connectivity index (χ0v) is 26.3. The van der Waals surface area contributed by atoms with Crippen LogP contribution in [0.2, 0.25) is 0 Å². The van der Waals surface area contributed by atoms with Gasteiger partial charge in [-0.15, -0.1) is 0 Å². The third-order valence-corrected chi connectivity index (χ3v) is 6.88. The van der Waals surface area contributed by atoms with Crippen molar-refractivity contribution in [3.63, 3.8) is 0 Å². The number of hydrogen-bond donors (Lipinski definition) is 5. The minimum absolute atomic E-state index is 0.112. The van der Waals surface area contributed by atoms with Crippen molar-refractivity contribution >= 4 is 46.6 Å². The van der Waals surface area contributed by atoms with Crippen LogP contribution in [0.25, 0.3) is 0 Å². The first-order chi connectivity index (χ1) is 23.5. The van der Waals surface area contributed by atoms with Crippen molar-refractivity contribution in [1.82, 2.24) is 15.0 Å². The number of carbonyl (C=O) groups excluding carboxylic acids is 2. The number of para-hydroxylation sites is 1. The van der Waals surface area contributed by atoms with Crippen LogP contribution < -0.4 is 21.3 Å². The molecule has 1 amide bonds. The minimum Gasteiger partial charge on any atom is -0.508 e. The van der Waals surface area contributed by atoms with E-state index < -0.39 is 0 Å². The number of aromatic nitrogens is 3. The second kappa shape index (κ2) is 17.7. The van der Waals surface area contributed by atoms with Gasteiger partial charge in [0.15, 0.2) is 5.78 Å². The van der Waals surface area contributed by atoms with E-state index in [2.05, 4.69) is 36.2 Å². The summed E-state index contributed by atoms with van der Waals surface area (Å²) in [4.78, 5) is 38.2. The molecular weight excluding hydrogens is 610 g/mol. The predicted octanol–water partition coefficient (Wildman–Crippen LogP) is 6.42. The van der Waals surface area contributed by atoms with Crippen molar-refractivity contribution in [1.29, 1.82) is 0 Å². The average Bonchev–Trinajstić information content (AvgIpc) is 3.11. The number of phenols is 1. The highest BCUT2D eigenvalue weighted by molar-refractivity contribution is 6.04. The number of ketones is 1. The van der Waals surface area contributed by atoms with Crippen LogP contribution in [0.15, 0.2) is 109 Å². The van der Waals surface area contributed by atoms with Gasteiger partial charge in [0.2, 0.25) is 17.8 Å². The number of ether oxygens (including phenoxy) is 2. The lowest BCUT2D eigenvalue weighted by molar-refractivity contribution is 0.0497. The highest BCUT2D eigenvalue weighted by atomic mass is 16.5. The maximum Gasteiger partial charge on any atom is 0.255 e. The number of nitrogens with one attached hydrogen (secondary N) is 4. The molecule has 246 valence electrons. The molecule has 12 nitrogen and oxygen atoms in total. The summed E-state index contributed by atoms with van der Waals surface area (Å²) in [7, 11) is 0. The molecule has 1 heterocycles. The zero-order chi connectivity index (χ0) is 33.4. The van der Waals surface area contributed by atoms with Crippen molar-refractivity contribution in [3.05, 3.63) is 120 Å². The van der Waals surface area contributed by atoms with E-state index in [9.17, 15) is 14.7 Å². The van der Waals surface area contributed by atoms with Gasteiger partial charge >= 0.3 is 0 Å². The predicted molar refractivity (Wildman–Crippen MR) is 185 cm³/mol. The molecule has 1 aromatic heterocycles. The summed E-state index contributed by atoms with van der Waals surface area (Å²) >= 11 is 0. The molecule has 0 radical (unpaired) electrons. The van der Waals surface area contributed by atoms with Crippen LogP contribution in [-0.4, -0.2) is 64.7 Å². The van der Waals surface area contributed by atoms with E-state index in [4.69, 9.17) is 9.47 Å². The SMILES string of the molecule is O=C(CCCOCCOCCNc1nc(Nc2ccc(O)cc2)nc(Nc2ccc(C(=O)Nc3ccccc3)cc2)n1)c1ccccc1. The molecule has 0 aliphatic carbocycles. The lowest BCUT2D eigenvalue weighted by Crippen LogP contribution is -2.15. The number of aromatic hydroxyl groups is 1. The van der Waals surface area contributed by atoms with Crippen molar-refractivity contribution in [2.75, 3.05) is 54.2 Å². The number of hydrogen-bond acceptors (Lipinski definition) is 11. The summed E-state index contributed by atoms with van der Waals surface area (Å²) in [5, 5.41) is 21.9. The number of phenolic OH excluding ortho intramolecular Hbond substituents is 1. The molecule has 0 saturated carbocycles. The number of rotatable bonds is 18. The number of amides is 1. The average molecular weight is 648 g/mol. The molecule has 0 saturated heterocycles. The highest BCUT2D eigenvalue weighted by Crippen LogP contribution is 2.21. The van der Waals surface area contributed by atoms with Crippen LogP contribution in [-0.2, 0) is 9.47 Å². The van der Waals surface area contributed by atoms with Crippen LogP contribution >= 0.6 is 0 Å². The van der Waals surface area contributed by atoms with E-state index in [0.29, 0.717) is 74.4 Å². The molecule has 0 aliphatic rings. The molecule has 48 heavy (non-hydrogen) atoms. The fourth-order valence-electron chi connectivity index (χ4n) is 4.46. The Balaban J connectivity index is 1.10. The third kappa shape index (κ3) is 10.9. The van der Waals surface area contributed by atoms with E-state index in [0.717, 1.165) is 5.56 Å². The zero-order valence-electron chi connectivity index (χ0n) is 26.3. The number of Topliss-reactive ketones (excluding diaryl/α,β-unsaturated/α-hetero) is 1. The summed E-state index contributed by atoms with van der Waals surface area (Å²) in [6.07, 6.45) is 1.09. The number of nitrogens with zero attached hydrogens (tertiary/aromatic N) is 3. The molecule has 12 heteroatoms. The third-order valence-electron chi connectivity index (χ3n) is 6.88. The van der Waals surface area contributed by atoms with Crippen molar-refractivity contribution in [2.24, 2.45) is 0 Å². The van der Waals surface area contributed by atoms with Gasteiger partial charge in [-0.3, -0.25) is 9.59 Å². The second-order valence-electron chi connectivity index (χ2n) is 10.5. The van der Waals surface area contributed by atoms with Crippen LogP contribution in [0, 0.1) is 0 Å². The van der Waals surface area contributed by atoms with Crippen LogP contribution in [0.4, 0.5) is 34.9 Å². The first-order valence-electron chi connectivity index (χ1n) is 15.5. The Morgan fingerprint density at radius 1 is 0.583 bits per heavy atom. The van der Waals surface area contributed by atoms with Crippen LogP contribution in [0.5, 0.6) is 5.75 Å². The number of benzene rings is 4. The van der Waals surface area contributed by atoms with Gasteiger partial charge < -0.3 is 35.8 Å². The largest absolute Gasteiger partial charge is 0.508 e. The summed E-state index contributed by atoms with van der Waals surface area (Å²) < 4.78 is 11.3. The van der Waals surface area contributed by atoms with E-state index in [1.54, 1.807) is 48.5 Å². The fourth-order valence-corrected chi connectivity index (χ4v) is 4.46. The number of carbonyl (C=O) groups is 2. The molecule has 0 unspecified atom stereocenters. The summed E-state index contributed by atoms with van der Waals surface area (Å²) in [5.74, 6) is 0.904. The van der Waals surface area contributed by atoms with Gasteiger partial charge in [0.05, 0.1) is 19.8 Å². The lowest BCUT2D eigenvalue weighted by atomic mass is 10.1. The van der Waals surface area contributed by atoms with E-state index in [1.807, 2.05) is 60.7 Å². The standard InChI is InChI=1S/C36H37N7O5/c44-31-19-17-30(18-20-31)40-36-42-34(37-21-23-48-25-24-47-22-7-12-32(45)26-8-3-1-4-9-26)41-35(43-36)39-29-15-13-27(14-16-29)33(46)38-28-10-5-2-6-11-28/h1-6,8-11,13-20,44H,7,12,21-25H2,(H,38,46)(H3,37,39,40,41,42,43). The highest BCUT2D eigenvalue weighted by Gasteiger charge is 2.10. The number of anilines is 6. The Morgan fingerprint density at radius 3 is 1.79 bits per heavy atom. The second-order valence-corrected chi connectivity index (χ2v) is 10.5. The minimum atomic E-state index is -0.219. The van der Waals surface area contributed by atoms with E-state index >= 15 is 0 Å². The van der Waals surface area contributed by atoms with E-state index in [1.165, 1.54) is 0 Å². The molecule has 0 fully saturated rings. The summed E-state index contributed by atoms with van der Waals surface area (Å²) in [5.41, 5.74) is 3.29. The molecular formula is C36H37N7O5. The molecule has 0 spiro atoms. The van der Waals surface area contributed by atoms with Crippen LogP contribution in [0.1, 0.15) is 33.6 Å².